The van der Waals surface area contributed by atoms with Gasteiger partial charge in [0.1, 0.15) is 5.82 Å². The summed E-state index contributed by atoms with van der Waals surface area (Å²) in [6.07, 6.45) is 1.86. The topological polar surface area (TPSA) is 75.7 Å². The van der Waals surface area contributed by atoms with Crippen LogP contribution in [0.5, 0.6) is 0 Å². The van der Waals surface area contributed by atoms with Gasteiger partial charge >= 0.3 is 0 Å². The number of anilines is 1. The minimum absolute atomic E-state index is 0.0892. The summed E-state index contributed by atoms with van der Waals surface area (Å²) < 4.78 is 45.1. The van der Waals surface area contributed by atoms with E-state index in [1.54, 1.807) is 0 Å². The van der Waals surface area contributed by atoms with Crippen LogP contribution in [0.25, 0.3) is 0 Å². The van der Waals surface area contributed by atoms with Crippen LogP contribution in [0.4, 0.5) is 10.1 Å². The molecule has 2 heterocycles. The zero-order valence-electron chi connectivity index (χ0n) is 14.9. The summed E-state index contributed by atoms with van der Waals surface area (Å²) in [5.41, 5.74) is 0.108. The minimum Gasteiger partial charge on any atom is -0.381 e. The van der Waals surface area contributed by atoms with Crippen molar-refractivity contribution in [1.82, 2.24) is 4.31 Å². The number of nitrogens with one attached hydrogen (secondary N) is 1. The molecule has 2 aliphatic heterocycles. The Bertz CT molecular complexity index is 745. The number of carbonyl (C=O) groups excluding carboxylic acids is 1. The van der Waals surface area contributed by atoms with E-state index in [1.165, 1.54) is 28.6 Å². The van der Waals surface area contributed by atoms with Crippen LogP contribution in [0, 0.1) is 17.2 Å². The number of hydrogen-bond acceptors (Lipinski definition) is 4. The Labute approximate surface area is 153 Å². The molecule has 0 radical (unpaired) electrons. The molecule has 26 heavy (non-hydrogen) atoms. The highest BCUT2D eigenvalue weighted by atomic mass is 32.2. The zero-order chi connectivity index (χ0) is 18.8. The molecule has 1 aromatic rings. The highest BCUT2D eigenvalue weighted by molar-refractivity contribution is 7.89. The van der Waals surface area contributed by atoms with Gasteiger partial charge in [-0.1, -0.05) is 6.92 Å². The third kappa shape index (κ3) is 3.92. The van der Waals surface area contributed by atoms with Gasteiger partial charge in [-0.2, -0.15) is 0 Å². The number of rotatable bonds is 5. The van der Waals surface area contributed by atoms with Crippen LogP contribution in [-0.4, -0.2) is 50.7 Å². The van der Waals surface area contributed by atoms with Gasteiger partial charge in [-0.15, -0.1) is 0 Å². The van der Waals surface area contributed by atoms with Gasteiger partial charge in [-0.05, 0) is 43.5 Å². The summed E-state index contributed by atoms with van der Waals surface area (Å²) in [5.74, 6) is -0.941. The van der Waals surface area contributed by atoms with E-state index in [-0.39, 0.29) is 24.0 Å². The van der Waals surface area contributed by atoms with Gasteiger partial charge in [0.15, 0.2) is 0 Å². The summed E-state index contributed by atoms with van der Waals surface area (Å²) in [6.45, 7) is 3.44. The van der Waals surface area contributed by atoms with E-state index in [0.29, 0.717) is 44.7 Å². The van der Waals surface area contributed by atoms with Gasteiger partial charge in [-0.25, -0.2) is 17.1 Å². The van der Waals surface area contributed by atoms with E-state index in [9.17, 15) is 17.6 Å². The number of halogens is 1. The second kappa shape index (κ2) is 7.62. The lowest BCUT2D eigenvalue weighted by molar-refractivity contribution is -0.124. The fraction of sp³-hybridized carbons (Fsp3) is 0.611. The van der Waals surface area contributed by atoms with Crippen LogP contribution in [0.15, 0.2) is 24.3 Å². The number of hydrogen-bond donors (Lipinski definition) is 1. The van der Waals surface area contributed by atoms with Gasteiger partial charge in [0.2, 0.25) is 15.9 Å². The standard InChI is InChI=1S/C18H25FN2O4S/c1-2-11-26(23,24)21-12-16(18(13-21)7-9-25-10-8-18)17(22)20-15-5-3-14(19)4-6-15/h3-6,16H,2,7-13H2,1H3,(H,20,22)/t16-/m1/s1. The lowest BCUT2D eigenvalue weighted by Crippen LogP contribution is -2.42. The summed E-state index contributed by atoms with van der Waals surface area (Å²) in [6, 6.07) is 5.58. The number of carbonyl (C=O) groups is 1. The first-order chi connectivity index (χ1) is 12.4. The second-order valence-electron chi connectivity index (χ2n) is 7.13. The third-order valence-corrected chi connectivity index (χ3v) is 7.38. The van der Waals surface area contributed by atoms with Crippen molar-refractivity contribution in [3.8, 4) is 0 Å². The van der Waals surface area contributed by atoms with E-state index in [1.807, 2.05) is 6.92 Å². The minimum atomic E-state index is -3.37. The largest absolute Gasteiger partial charge is 0.381 e. The first kappa shape index (κ1) is 19.3. The fourth-order valence-corrected chi connectivity index (χ4v) is 5.53. The summed E-state index contributed by atoms with van der Waals surface area (Å²) in [4.78, 5) is 12.9. The summed E-state index contributed by atoms with van der Waals surface area (Å²) >= 11 is 0. The lowest BCUT2D eigenvalue weighted by Gasteiger charge is -2.37. The van der Waals surface area contributed by atoms with E-state index in [4.69, 9.17) is 4.74 Å². The Morgan fingerprint density at radius 2 is 1.96 bits per heavy atom. The Kier molecular flexibility index (Phi) is 5.64. The van der Waals surface area contributed by atoms with E-state index in [2.05, 4.69) is 5.32 Å². The molecular weight excluding hydrogens is 359 g/mol. The van der Waals surface area contributed by atoms with Crippen molar-refractivity contribution in [3.05, 3.63) is 30.1 Å². The molecule has 0 saturated carbocycles. The molecule has 2 fully saturated rings. The van der Waals surface area contributed by atoms with Crippen LogP contribution in [-0.2, 0) is 19.6 Å². The summed E-state index contributed by atoms with van der Waals surface area (Å²) in [7, 11) is -3.37. The monoisotopic (exact) mass is 384 g/mol. The van der Waals surface area contributed by atoms with Crippen molar-refractivity contribution in [2.24, 2.45) is 11.3 Å². The molecule has 1 atom stereocenters. The van der Waals surface area contributed by atoms with E-state index in [0.717, 1.165) is 0 Å². The summed E-state index contributed by atoms with van der Waals surface area (Å²) in [5, 5.41) is 2.82. The van der Waals surface area contributed by atoms with Crippen LogP contribution in [0.3, 0.4) is 0 Å². The van der Waals surface area contributed by atoms with Crippen LogP contribution < -0.4 is 5.32 Å². The molecule has 0 unspecified atom stereocenters. The van der Waals surface area contributed by atoms with E-state index < -0.39 is 21.4 Å². The van der Waals surface area contributed by atoms with Crippen molar-refractivity contribution in [2.45, 2.75) is 26.2 Å². The van der Waals surface area contributed by atoms with Crippen molar-refractivity contribution in [3.63, 3.8) is 0 Å². The first-order valence-electron chi connectivity index (χ1n) is 8.98. The molecule has 1 aromatic carbocycles. The smallest absolute Gasteiger partial charge is 0.229 e. The van der Waals surface area contributed by atoms with E-state index >= 15 is 0 Å². The maximum atomic E-state index is 13.1. The first-order valence-corrected chi connectivity index (χ1v) is 10.6. The second-order valence-corrected chi connectivity index (χ2v) is 9.22. The quantitative estimate of drug-likeness (QED) is 0.845. The van der Waals surface area contributed by atoms with Crippen LogP contribution in [0.1, 0.15) is 26.2 Å². The molecule has 2 saturated heterocycles. The van der Waals surface area contributed by atoms with Crippen molar-refractivity contribution in [2.75, 3.05) is 37.4 Å². The SMILES string of the molecule is CCCS(=O)(=O)N1C[C@H](C(=O)Nc2ccc(F)cc2)C2(CCOCC2)C1. The molecule has 1 amide bonds. The molecule has 144 valence electrons. The predicted octanol–water partition coefficient (Wildman–Crippen LogP) is 2.23. The maximum Gasteiger partial charge on any atom is 0.229 e. The van der Waals surface area contributed by atoms with Crippen molar-refractivity contribution in [1.29, 1.82) is 0 Å². The normalized spacial score (nSPS) is 23.2. The number of ether oxygens (including phenoxy) is 1. The van der Waals surface area contributed by atoms with Crippen molar-refractivity contribution >= 4 is 21.6 Å². The molecule has 1 N–H and O–H groups in total. The van der Waals surface area contributed by atoms with Gasteiger partial charge in [0, 0.05) is 37.4 Å². The Morgan fingerprint density at radius 1 is 1.31 bits per heavy atom. The molecule has 0 aromatic heterocycles. The molecular formula is C18H25FN2O4S. The van der Waals surface area contributed by atoms with Gasteiger partial charge in [0.25, 0.3) is 0 Å². The number of nitrogens with zero attached hydrogens (tertiary/aromatic N) is 1. The molecule has 8 heteroatoms. The third-order valence-electron chi connectivity index (χ3n) is 5.39. The fourth-order valence-electron chi connectivity index (χ4n) is 3.93. The van der Waals surface area contributed by atoms with Crippen molar-refractivity contribution < 1.29 is 22.3 Å². The zero-order valence-corrected chi connectivity index (χ0v) is 15.7. The Morgan fingerprint density at radius 3 is 2.58 bits per heavy atom. The Hall–Kier alpha value is -1.51. The Balaban J connectivity index is 1.82. The molecule has 0 bridgehead atoms. The average Bonchev–Trinajstić information content (AvgIpc) is 2.97. The number of amides is 1. The van der Waals surface area contributed by atoms with Crippen LogP contribution >= 0.6 is 0 Å². The highest BCUT2D eigenvalue weighted by Gasteiger charge is 2.53. The molecule has 0 aliphatic carbocycles. The lowest BCUT2D eigenvalue weighted by atomic mass is 9.72. The number of benzene rings is 1. The van der Waals surface area contributed by atoms with Gasteiger partial charge < -0.3 is 10.1 Å². The van der Waals surface area contributed by atoms with Gasteiger partial charge in [0.05, 0.1) is 11.7 Å². The molecule has 2 aliphatic rings. The highest BCUT2D eigenvalue weighted by Crippen LogP contribution is 2.45. The maximum absolute atomic E-state index is 13.1. The van der Waals surface area contributed by atoms with Crippen LogP contribution in [0.2, 0.25) is 0 Å². The van der Waals surface area contributed by atoms with Gasteiger partial charge in [-0.3, -0.25) is 4.79 Å². The molecule has 1 spiro atoms. The molecule has 6 nitrogen and oxygen atoms in total. The average molecular weight is 384 g/mol. The molecule has 3 rings (SSSR count). The predicted molar refractivity (Wildman–Crippen MR) is 96.7 cm³/mol. The number of sulfonamides is 1.